The van der Waals surface area contributed by atoms with Crippen molar-refractivity contribution in [1.29, 1.82) is 0 Å². The number of nitrogen functional groups attached to an aromatic ring is 1. The standard InChI is InChI=1S/C13H9Cl2IN2O2/c1-20-13(19)12-9(15)10(17)8(14)11(18-12)6-2-4-7(16)5-3-6/h2-5H,1H3,(H2,17,18). The molecule has 0 saturated heterocycles. The van der Waals surface area contributed by atoms with Crippen LogP contribution in [0.3, 0.4) is 0 Å². The topological polar surface area (TPSA) is 65.2 Å². The molecule has 104 valence electrons. The van der Waals surface area contributed by atoms with E-state index in [-0.39, 0.29) is 21.4 Å². The summed E-state index contributed by atoms with van der Waals surface area (Å²) in [6.07, 6.45) is 0. The molecular formula is C13H9Cl2IN2O2. The summed E-state index contributed by atoms with van der Waals surface area (Å²) in [5, 5.41) is 0.208. The van der Waals surface area contributed by atoms with Crippen molar-refractivity contribution in [3.8, 4) is 11.3 Å². The molecule has 1 aromatic carbocycles. The summed E-state index contributed by atoms with van der Waals surface area (Å²) in [5.74, 6) is -0.662. The highest BCUT2D eigenvalue weighted by molar-refractivity contribution is 14.1. The van der Waals surface area contributed by atoms with Crippen molar-refractivity contribution in [3.63, 3.8) is 0 Å². The van der Waals surface area contributed by atoms with Gasteiger partial charge in [0, 0.05) is 9.13 Å². The summed E-state index contributed by atoms with van der Waals surface area (Å²) in [4.78, 5) is 15.8. The van der Waals surface area contributed by atoms with Gasteiger partial charge >= 0.3 is 5.97 Å². The molecule has 0 aliphatic rings. The number of pyridine rings is 1. The molecule has 2 rings (SSSR count). The van der Waals surface area contributed by atoms with Crippen molar-refractivity contribution >= 4 is 57.4 Å². The molecule has 2 N–H and O–H groups in total. The molecule has 0 aliphatic heterocycles. The van der Waals surface area contributed by atoms with Gasteiger partial charge in [-0.1, -0.05) is 35.3 Å². The number of carbonyl (C=O) groups is 1. The first-order valence-corrected chi connectivity index (χ1v) is 7.28. The van der Waals surface area contributed by atoms with Crippen LogP contribution in [0, 0.1) is 3.57 Å². The van der Waals surface area contributed by atoms with E-state index in [2.05, 4.69) is 32.3 Å². The van der Waals surface area contributed by atoms with Crippen LogP contribution in [0.15, 0.2) is 24.3 Å². The maximum Gasteiger partial charge on any atom is 0.358 e. The smallest absolute Gasteiger partial charge is 0.358 e. The summed E-state index contributed by atoms with van der Waals surface area (Å²) in [7, 11) is 1.25. The normalized spacial score (nSPS) is 10.4. The van der Waals surface area contributed by atoms with Crippen LogP contribution in [0.4, 0.5) is 5.69 Å². The molecular weight excluding hydrogens is 414 g/mol. The number of ether oxygens (including phenoxy) is 1. The Morgan fingerprint density at radius 2 is 1.85 bits per heavy atom. The van der Waals surface area contributed by atoms with Gasteiger partial charge in [-0.25, -0.2) is 9.78 Å². The second-order valence-corrected chi connectivity index (χ2v) is 5.85. The van der Waals surface area contributed by atoms with Crippen LogP contribution >= 0.6 is 45.8 Å². The van der Waals surface area contributed by atoms with Crippen molar-refractivity contribution in [1.82, 2.24) is 4.98 Å². The highest BCUT2D eigenvalue weighted by atomic mass is 127. The molecule has 7 heteroatoms. The number of nitrogens with two attached hydrogens (primary N) is 1. The predicted octanol–water partition coefficient (Wildman–Crippen LogP) is 4.03. The minimum atomic E-state index is -0.662. The fraction of sp³-hybridized carbons (Fsp3) is 0.0769. The zero-order valence-corrected chi connectivity index (χ0v) is 14.0. The maximum absolute atomic E-state index is 11.7. The Bertz CT molecular complexity index is 675. The predicted molar refractivity (Wildman–Crippen MR) is 88.2 cm³/mol. The zero-order valence-electron chi connectivity index (χ0n) is 10.3. The molecule has 0 saturated carbocycles. The lowest BCUT2D eigenvalue weighted by molar-refractivity contribution is 0.0594. The third-order valence-corrected chi connectivity index (χ3v) is 4.09. The summed E-state index contributed by atoms with van der Waals surface area (Å²) in [6, 6.07) is 7.47. The minimum absolute atomic E-state index is 0.00360. The van der Waals surface area contributed by atoms with Gasteiger partial charge in [-0.2, -0.15) is 0 Å². The van der Waals surface area contributed by atoms with Crippen LogP contribution in [0.5, 0.6) is 0 Å². The number of aromatic nitrogens is 1. The number of benzene rings is 1. The molecule has 4 nitrogen and oxygen atoms in total. The number of carbonyl (C=O) groups excluding carboxylic acids is 1. The van der Waals surface area contributed by atoms with Crippen LogP contribution in [0.25, 0.3) is 11.3 Å². The van der Waals surface area contributed by atoms with E-state index in [4.69, 9.17) is 28.9 Å². The summed E-state index contributed by atoms with van der Waals surface area (Å²) >= 11 is 14.3. The van der Waals surface area contributed by atoms with Gasteiger partial charge in [-0.3, -0.25) is 0 Å². The molecule has 0 amide bonds. The fourth-order valence-corrected chi connectivity index (χ4v) is 2.46. The minimum Gasteiger partial charge on any atom is -0.464 e. The lowest BCUT2D eigenvalue weighted by Gasteiger charge is -2.11. The number of esters is 1. The number of nitrogens with zero attached hydrogens (tertiary/aromatic N) is 1. The fourth-order valence-electron chi connectivity index (χ4n) is 1.59. The quantitative estimate of drug-likeness (QED) is 0.586. The molecule has 0 aliphatic carbocycles. The lowest BCUT2D eigenvalue weighted by Crippen LogP contribution is -2.08. The molecule has 0 radical (unpaired) electrons. The lowest BCUT2D eigenvalue weighted by atomic mass is 10.1. The van der Waals surface area contributed by atoms with Gasteiger partial charge in [0.25, 0.3) is 0 Å². The number of rotatable bonds is 2. The zero-order chi connectivity index (χ0) is 14.9. The van der Waals surface area contributed by atoms with Gasteiger partial charge in [0.15, 0.2) is 5.69 Å². The molecule has 1 aromatic heterocycles. The molecule has 0 unspecified atom stereocenters. The van der Waals surface area contributed by atoms with E-state index in [9.17, 15) is 4.79 Å². The largest absolute Gasteiger partial charge is 0.464 e. The highest BCUT2D eigenvalue weighted by Crippen LogP contribution is 2.37. The first-order chi connectivity index (χ1) is 9.45. The van der Waals surface area contributed by atoms with E-state index in [1.807, 2.05) is 24.3 Å². The van der Waals surface area contributed by atoms with Gasteiger partial charge in [-0.15, -0.1) is 0 Å². The first kappa shape index (κ1) is 15.3. The van der Waals surface area contributed by atoms with E-state index in [1.54, 1.807) is 0 Å². The Hall–Kier alpha value is -1.05. The molecule has 1 heterocycles. The SMILES string of the molecule is COC(=O)c1nc(-c2ccc(I)cc2)c(Cl)c(N)c1Cl. The van der Waals surface area contributed by atoms with Crippen molar-refractivity contribution in [2.75, 3.05) is 12.8 Å². The van der Waals surface area contributed by atoms with E-state index in [1.165, 1.54) is 7.11 Å². The van der Waals surface area contributed by atoms with E-state index in [0.29, 0.717) is 5.69 Å². The van der Waals surface area contributed by atoms with Crippen molar-refractivity contribution in [3.05, 3.63) is 43.6 Å². The number of hydrogen-bond acceptors (Lipinski definition) is 4. The molecule has 0 bridgehead atoms. The second kappa shape index (κ2) is 6.15. The van der Waals surface area contributed by atoms with Gasteiger partial charge in [0.05, 0.1) is 28.5 Å². The van der Waals surface area contributed by atoms with E-state index >= 15 is 0 Å². The first-order valence-electron chi connectivity index (χ1n) is 5.44. The molecule has 20 heavy (non-hydrogen) atoms. The van der Waals surface area contributed by atoms with Crippen LogP contribution in [0.1, 0.15) is 10.5 Å². The molecule has 0 spiro atoms. The third kappa shape index (κ3) is 2.84. The summed E-state index contributed by atoms with van der Waals surface area (Å²) < 4.78 is 5.70. The maximum atomic E-state index is 11.7. The summed E-state index contributed by atoms with van der Waals surface area (Å²) in [6.45, 7) is 0. The molecule has 0 atom stereocenters. The monoisotopic (exact) mass is 422 g/mol. The third-order valence-electron chi connectivity index (χ3n) is 2.61. The Kier molecular flexibility index (Phi) is 4.72. The van der Waals surface area contributed by atoms with E-state index < -0.39 is 5.97 Å². The molecule has 0 fully saturated rings. The van der Waals surface area contributed by atoms with E-state index in [0.717, 1.165) is 9.13 Å². The molecule has 2 aromatic rings. The van der Waals surface area contributed by atoms with Gasteiger partial charge < -0.3 is 10.5 Å². The number of methoxy groups -OCH3 is 1. The Morgan fingerprint density at radius 1 is 1.25 bits per heavy atom. The van der Waals surface area contributed by atoms with Crippen molar-refractivity contribution < 1.29 is 9.53 Å². The van der Waals surface area contributed by atoms with Crippen LogP contribution in [0.2, 0.25) is 10.0 Å². The Morgan fingerprint density at radius 3 is 2.40 bits per heavy atom. The van der Waals surface area contributed by atoms with Crippen LogP contribution in [-0.2, 0) is 4.74 Å². The number of hydrogen-bond donors (Lipinski definition) is 1. The highest BCUT2D eigenvalue weighted by Gasteiger charge is 2.21. The van der Waals surface area contributed by atoms with Crippen molar-refractivity contribution in [2.24, 2.45) is 0 Å². The Labute approximate surface area is 139 Å². The number of anilines is 1. The average Bonchev–Trinajstić information content (AvgIpc) is 2.45. The summed E-state index contributed by atoms with van der Waals surface area (Å²) in [5.41, 5.74) is 7.02. The number of halogens is 3. The van der Waals surface area contributed by atoms with Gasteiger partial charge in [0.2, 0.25) is 0 Å². The second-order valence-electron chi connectivity index (χ2n) is 3.85. The van der Waals surface area contributed by atoms with Crippen LogP contribution in [-0.4, -0.2) is 18.1 Å². The average molecular weight is 423 g/mol. The van der Waals surface area contributed by atoms with Crippen molar-refractivity contribution in [2.45, 2.75) is 0 Å². The Balaban J connectivity index is 2.67. The van der Waals surface area contributed by atoms with Gasteiger partial charge in [-0.05, 0) is 34.7 Å². The van der Waals surface area contributed by atoms with Gasteiger partial charge in [0.1, 0.15) is 0 Å². The van der Waals surface area contributed by atoms with Crippen LogP contribution < -0.4 is 5.73 Å².